The Hall–Kier alpha value is -0.830. The van der Waals surface area contributed by atoms with E-state index in [0.717, 1.165) is 5.69 Å². The highest BCUT2D eigenvalue weighted by Gasteiger charge is 2.28. The molecule has 18 heavy (non-hydrogen) atoms. The summed E-state index contributed by atoms with van der Waals surface area (Å²) in [6.45, 7) is 10.4. The number of rotatable bonds is 3. The van der Waals surface area contributed by atoms with Crippen molar-refractivity contribution in [1.29, 1.82) is 0 Å². The van der Waals surface area contributed by atoms with Crippen LogP contribution in [0.2, 0.25) is 0 Å². The predicted octanol–water partition coefficient (Wildman–Crippen LogP) is 4.56. The minimum absolute atomic E-state index is 0.000188. The molecule has 1 N–H and O–H groups in total. The molecule has 1 rings (SSSR count). The maximum absolute atomic E-state index is 12.0. The summed E-state index contributed by atoms with van der Waals surface area (Å²) in [5.41, 5.74) is 2.03. The molecule has 0 aliphatic heterocycles. The quantitative estimate of drug-likeness (QED) is 0.815. The molecule has 1 atom stereocenters. The second kappa shape index (κ2) is 5.87. The maximum Gasteiger partial charge on any atom is 0.238 e. The number of hydrogen-bond donors (Lipinski definition) is 1. The van der Waals surface area contributed by atoms with E-state index in [2.05, 4.69) is 47.2 Å². The van der Waals surface area contributed by atoms with Gasteiger partial charge in [0.25, 0.3) is 0 Å². The molecule has 1 aromatic carbocycles. The van der Waals surface area contributed by atoms with E-state index in [1.807, 2.05) is 32.9 Å². The molecule has 0 spiro atoms. The summed E-state index contributed by atoms with van der Waals surface area (Å²) >= 11 is 3.45. The van der Waals surface area contributed by atoms with Crippen LogP contribution >= 0.6 is 15.9 Å². The first-order chi connectivity index (χ1) is 8.21. The predicted molar refractivity (Wildman–Crippen MR) is 81.3 cm³/mol. The van der Waals surface area contributed by atoms with Crippen LogP contribution in [0.1, 0.15) is 46.1 Å². The number of alkyl halides is 1. The van der Waals surface area contributed by atoms with Crippen molar-refractivity contribution in [2.75, 3.05) is 5.32 Å². The summed E-state index contributed by atoms with van der Waals surface area (Å²) in [5, 5.41) is 2.93. The Morgan fingerprint density at radius 2 is 1.67 bits per heavy atom. The van der Waals surface area contributed by atoms with Crippen molar-refractivity contribution >= 4 is 27.5 Å². The molecule has 3 heteroatoms. The second-order valence-corrected chi connectivity index (χ2v) is 6.91. The SMILES string of the molecule is CC(C)c1ccc(NC(=O)C(Br)C(C)(C)C)cc1. The number of halogens is 1. The molecular formula is C15H22BrNO. The summed E-state index contributed by atoms with van der Waals surface area (Å²) in [7, 11) is 0. The number of carbonyl (C=O) groups is 1. The zero-order valence-electron chi connectivity index (χ0n) is 11.8. The number of carbonyl (C=O) groups excluding carboxylic acids is 1. The molecule has 0 aliphatic rings. The molecule has 0 aromatic heterocycles. The van der Waals surface area contributed by atoms with E-state index in [1.54, 1.807) is 0 Å². The lowest BCUT2D eigenvalue weighted by atomic mass is 9.91. The Morgan fingerprint density at radius 1 is 1.17 bits per heavy atom. The van der Waals surface area contributed by atoms with E-state index < -0.39 is 0 Å². The summed E-state index contributed by atoms with van der Waals surface area (Å²) in [6.07, 6.45) is 0. The minimum atomic E-state index is -0.199. The molecule has 0 saturated carbocycles. The standard InChI is InChI=1S/C15H22BrNO/c1-10(2)11-6-8-12(9-7-11)17-14(18)13(16)15(3,4)5/h6-10,13H,1-5H3,(H,17,18). The Bertz CT molecular complexity index is 403. The van der Waals surface area contributed by atoms with Crippen LogP contribution in [0.3, 0.4) is 0 Å². The van der Waals surface area contributed by atoms with Gasteiger partial charge in [-0.3, -0.25) is 4.79 Å². The van der Waals surface area contributed by atoms with Crippen LogP contribution in [-0.4, -0.2) is 10.7 Å². The minimum Gasteiger partial charge on any atom is -0.325 e. The zero-order valence-corrected chi connectivity index (χ0v) is 13.3. The van der Waals surface area contributed by atoms with Gasteiger partial charge in [0.1, 0.15) is 0 Å². The molecule has 0 saturated heterocycles. The average Bonchev–Trinajstić information content (AvgIpc) is 2.27. The normalized spacial score (nSPS) is 13.5. The first-order valence-electron chi connectivity index (χ1n) is 6.26. The van der Waals surface area contributed by atoms with Crippen LogP contribution in [0.5, 0.6) is 0 Å². The largest absolute Gasteiger partial charge is 0.325 e. The van der Waals surface area contributed by atoms with Crippen molar-refractivity contribution in [3.63, 3.8) is 0 Å². The van der Waals surface area contributed by atoms with Crippen molar-refractivity contribution < 1.29 is 4.79 Å². The van der Waals surface area contributed by atoms with E-state index in [0.29, 0.717) is 5.92 Å². The fraction of sp³-hybridized carbons (Fsp3) is 0.533. The van der Waals surface area contributed by atoms with Gasteiger partial charge in [0.05, 0.1) is 4.83 Å². The molecule has 2 nitrogen and oxygen atoms in total. The summed E-state index contributed by atoms with van der Waals surface area (Å²) in [4.78, 5) is 11.8. The Morgan fingerprint density at radius 3 is 2.06 bits per heavy atom. The summed E-state index contributed by atoms with van der Waals surface area (Å²) in [6, 6.07) is 8.02. The van der Waals surface area contributed by atoms with E-state index in [1.165, 1.54) is 5.56 Å². The molecule has 100 valence electrons. The van der Waals surface area contributed by atoms with Crippen molar-refractivity contribution in [3.05, 3.63) is 29.8 Å². The highest BCUT2D eigenvalue weighted by Crippen LogP contribution is 2.27. The van der Waals surface area contributed by atoms with Gasteiger partial charge in [-0.25, -0.2) is 0 Å². The fourth-order valence-electron chi connectivity index (χ4n) is 1.55. The number of nitrogens with one attached hydrogen (secondary N) is 1. The fourth-order valence-corrected chi connectivity index (χ4v) is 1.66. The lowest BCUT2D eigenvalue weighted by molar-refractivity contribution is -0.117. The molecule has 0 heterocycles. The molecule has 0 bridgehead atoms. The molecule has 0 fully saturated rings. The molecule has 1 amide bonds. The first kappa shape index (κ1) is 15.2. The van der Waals surface area contributed by atoms with Crippen molar-refractivity contribution in [3.8, 4) is 0 Å². The number of benzene rings is 1. The number of hydrogen-bond acceptors (Lipinski definition) is 1. The van der Waals surface area contributed by atoms with E-state index in [9.17, 15) is 4.79 Å². The van der Waals surface area contributed by atoms with Crippen molar-refractivity contribution in [2.24, 2.45) is 5.41 Å². The Kier molecular flexibility index (Phi) is 4.97. The highest BCUT2D eigenvalue weighted by atomic mass is 79.9. The topological polar surface area (TPSA) is 29.1 Å². The monoisotopic (exact) mass is 311 g/mol. The van der Waals surface area contributed by atoms with Gasteiger partial charge in [0, 0.05) is 5.69 Å². The molecule has 1 aromatic rings. The van der Waals surface area contributed by atoms with Gasteiger partial charge in [0.2, 0.25) is 5.91 Å². The Labute approximate surface area is 118 Å². The lowest BCUT2D eigenvalue weighted by Crippen LogP contribution is -2.33. The van der Waals surface area contributed by atoms with Gasteiger partial charge >= 0.3 is 0 Å². The maximum atomic E-state index is 12.0. The van der Waals surface area contributed by atoms with Crippen LogP contribution in [0.4, 0.5) is 5.69 Å². The van der Waals surface area contributed by atoms with Crippen LogP contribution in [0.15, 0.2) is 24.3 Å². The highest BCUT2D eigenvalue weighted by molar-refractivity contribution is 9.10. The van der Waals surface area contributed by atoms with Crippen LogP contribution in [0, 0.1) is 5.41 Å². The van der Waals surface area contributed by atoms with Crippen molar-refractivity contribution in [1.82, 2.24) is 0 Å². The average molecular weight is 312 g/mol. The summed E-state index contributed by atoms with van der Waals surface area (Å²) in [5.74, 6) is 0.507. The van der Waals surface area contributed by atoms with Gasteiger partial charge in [-0.05, 0) is 29.0 Å². The third-order valence-electron chi connectivity index (χ3n) is 2.84. The summed E-state index contributed by atoms with van der Waals surface area (Å²) < 4.78 is 0. The van der Waals surface area contributed by atoms with Gasteiger partial charge in [-0.2, -0.15) is 0 Å². The van der Waals surface area contributed by atoms with Gasteiger partial charge in [0.15, 0.2) is 0 Å². The van der Waals surface area contributed by atoms with E-state index >= 15 is 0 Å². The van der Waals surface area contributed by atoms with Crippen LogP contribution < -0.4 is 5.32 Å². The van der Waals surface area contributed by atoms with Gasteiger partial charge in [-0.15, -0.1) is 0 Å². The molecule has 0 aliphatic carbocycles. The van der Waals surface area contributed by atoms with Crippen LogP contribution in [0.25, 0.3) is 0 Å². The van der Waals surface area contributed by atoms with E-state index in [4.69, 9.17) is 0 Å². The Balaban J connectivity index is 2.71. The lowest BCUT2D eigenvalue weighted by Gasteiger charge is -2.24. The van der Waals surface area contributed by atoms with Crippen LogP contribution in [-0.2, 0) is 4.79 Å². The second-order valence-electron chi connectivity index (χ2n) is 5.99. The van der Waals surface area contributed by atoms with Crippen molar-refractivity contribution in [2.45, 2.75) is 45.4 Å². The molecule has 1 unspecified atom stereocenters. The molecular weight excluding hydrogens is 290 g/mol. The first-order valence-corrected chi connectivity index (χ1v) is 7.18. The van der Waals surface area contributed by atoms with Gasteiger partial charge < -0.3 is 5.32 Å². The smallest absolute Gasteiger partial charge is 0.238 e. The van der Waals surface area contributed by atoms with E-state index in [-0.39, 0.29) is 16.1 Å². The third kappa shape index (κ3) is 4.13. The number of anilines is 1. The zero-order chi connectivity index (χ0) is 13.9. The third-order valence-corrected chi connectivity index (χ3v) is 4.62. The van der Waals surface area contributed by atoms with Gasteiger partial charge in [-0.1, -0.05) is 62.7 Å². The molecule has 0 radical (unpaired) electrons. The number of amides is 1.